The number of hydrogen-bond donors (Lipinski definition) is 1. The van der Waals surface area contributed by atoms with Crippen LogP contribution in [0.3, 0.4) is 0 Å². The highest BCUT2D eigenvalue weighted by Crippen LogP contribution is 2.37. The van der Waals surface area contributed by atoms with Crippen LogP contribution in [-0.2, 0) is 11.0 Å². The lowest BCUT2D eigenvalue weighted by Crippen LogP contribution is -2.54. The molecule has 4 heterocycles. The van der Waals surface area contributed by atoms with E-state index in [-0.39, 0.29) is 41.4 Å². The Morgan fingerprint density at radius 1 is 1.30 bits per heavy atom. The molecule has 1 aliphatic rings. The van der Waals surface area contributed by atoms with Gasteiger partial charge in [0, 0.05) is 48.8 Å². The first-order valence-electron chi connectivity index (χ1n) is 10.6. The zero-order valence-electron chi connectivity index (χ0n) is 18.1. The average molecular weight is 482 g/mol. The molecule has 1 unspecified atom stereocenters. The maximum Gasteiger partial charge on any atom is 0.420 e. The molecule has 7 nitrogen and oxygen atoms in total. The van der Waals surface area contributed by atoms with Crippen LogP contribution in [0, 0.1) is 0 Å². The van der Waals surface area contributed by atoms with Gasteiger partial charge in [-0.25, -0.2) is 4.98 Å². The summed E-state index contributed by atoms with van der Waals surface area (Å²) in [6.45, 7) is 4.42. The molecule has 0 spiro atoms. The minimum Gasteiger partial charge on any atom is -0.367 e. The highest BCUT2D eigenvalue weighted by Gasteiger charge is 2.37. The van der Waals surface area contributed by atoms with Crippen LogP contribution < -0.4 is 0 Å². The number of aromatic amines is 1. The second-order valence-corrected chi connectivity index (χ2v) is 8.49. The Morgan fingerprint density at radius 3 is 2.67 bits per heavy atom. The highest BCUT2D eigenvalue weighted by molar-refractivity contribution is 6.33. The maximum atomic E-state index is 13.8. The number of halogens is 4. The van der Waals surface area contributed by atoms with E-state index >= 15 is 0 Å². The van der Waals surface area contributed by atoms with E-state index < -0.39 is 23.3 Å². The lowest BCUT2D eigenvalue weighted by atomic mass is 10.1. The summed E-state index contributed by atoms with van der Waals surface area (Å²) in [5.74, 6) is -0.877. The summed E-state index contributed by atoms with van der Waals surface area (Å²) in [5.41, 5.74) is -0.976. The summed E-state index contributed by atoms with van der Waals surface area (Å²) >= 11 is 6.37. The van der Waals surface area contributed by atoms with Crippen LogP contribution in [0.4, 0.5) is 13.2 Å². The van der Waals surface area contributed by atoms with Crippen molar-refractivity contribution in [2.24, 2.45) is 0 Å². The summed E-state index contributed by atoms with van der Waals surface area (Å²) in [6, 6.07) is 2.66. The van der Waals surface area contributed by atoms with Gasteiger partial charge in [-0.1, -0.05) is 24.9 Å². The average Bonchev–Trinajstić information content (AvgIpc) is 3.40. The third kappa shape index (κ3) is 4.31. The van der Waals surface area contributed by atoms with Gasteiger partial charge in [0.2, 0.25) is 5.91 Å². The van der Waals surface area contributed by atoms with E-state index in [1.165, 1.54) is 11.1 Å². The first-order valence-corrected chi connectivity index (χ1v) is 11.0. The van der Waals surface area contributed by atoms with Gasteiger partial charge in [-0.2, -0.15) is 13.2 Å². The first-order chi connectivity index (χ1) is 15.6. The predicted molar refractivity (Wildman–Crippen MR) is 117 cm³/mol. The van der Waals surface area contributed by atoms with Crippen molar-refractivity contribution in [2.75, 3.05) is 19.6 Å². The van der Waals surface area contributed by atoms with Crippen LogP contribution >= 0.6 is 11.6 Å². The number of imidazole rings is 1. The summed E-state index contributed by atoms with van der Waals surface area (Å²) in [6.07, 6.45) is 1.63. The molecule has 0 aromatic carbocycles. The molecule has 0 radical (unpaired) electrons. The van der Waals surface area contributed by atoms with E-state index in [0.29, 0.717) is 12.1 Å². The SMILES string of the molecule is CCCC(C)N1CCN(C(=O)c2nc3c(C(F)(F)F)cc(-c4cc[nH]c4)cn3c2Cl)CC1=O. The van der Waals surface area contributed by atoms with Gasteiger partial charge < -0.3 is 14.8 Å². The number of alkyl halides is 3. The molecule has 1 N–H and O–H groups in total. The number of aromatic nitrogens is 3. The van der Waals surface area contributed by atoms with Crippen molar-refractivity contribution in [3.8, 4) is 11.1 Å². The van der Waals surface area contributed by atoms with Crippen LogP contribution in [0.2, 0.25) is 5.15 Å². The van der Waals surface area contributed by atoms with Crippen molar-refractivity contribution in [1.29, 1.82) is 0 Å². The van der Waals surface area contributed by atoms with Crippen LogP contribution in [-0.4, -0.2) is 61.7 Å². The Hall–Kier alpha value is -3.01. The monoisotopic (exact) mass is 481 g/mol. The number of nitrogens with one attached hydrogen (secondary N) is 1. The lowest BCUT2D eigenvalue weighted by molar-refractivity contribution is -0.137. The second kappa shape index (κ2) is 8.74. The molecule has 4 rings (SSSR count). The Labute approximate surface area is 193 Å². The molecule has 1 aliphatic heterocycles. The number of carbonyl (C=O) groups is 2. The van der Waals surface area contributed by atoms with Gasteiger partial charge in [-0.15, -0.1) is 0 Å². The molecule has 0 bridgehead atoms. The number of nitrogens with zero attached hydrogens (tertiary/aromatic N) is 4. The Bertz CT molecular complexity index is 1190. The number of pyridine rings is 1. The summed E-state index contributed by atoms with van der Waals surface area (Å²) in [5, 5.41) is -0.230. The van der Waals surface area contributed by atoms with E-state index in [4.69, 9.17) is 11.6 Å². The Balaban J connectivity index is 1.70. The van der Waals surface area contributed by atoms with Crippen molar-refractivity contribution < 1.29 is 22.8 Å². The van der Waals surface area contributed by atoms with Gasteiger partial charge in [0.15, 0.2) is 11.3 Å². The molecule has 3 aromatic heterocycles. The number of rotatable bonds is 5. The van der Waals surface area contributed by atoms with E-state index in [9.17, 15) is 22.8 Å². The van der Waals surface area contributed by atoms with Gasteiger partial charge in [0.05, 0.1) is 5.56 Å². The molecule has 1 saturated heterocycles. The van der Waals surface area contributed by atoms with E-state index in [1.54, 1.807) is 23.4 Å². The van der Waals surface area contributed by atoms with Crippen molar-refractivity contribution >= 4 is 29.1 Å². The first kappa shape index (κ1) is 23.2. The van der Waals surface area contributed by atoms with Gasteiger partial charge in [-0.05, 0) is 25.5 Å². The molecule has 33 heavy (non-hydrogen) atoms. The van der Waals surface area contributed by atoms with Gasteiger partial charge in [0.1, 0.15) is 11.7 Å². The molecule has 3 aromatic rings. The van der Waals surface area contributed by atoms with Gasteiger partial charge in [-0.3, -0.25) is 14.0 Å². The number of H-pyrrole nitrogens is 1. The third-order valence-electron chi connectivity index (χ3n) is 5.88. The van der Waals surface area contributed by atoms with Crippen LogP contribution in [0.1, 0.15) is 42.7 Å². The molecule has 1 fully saturated rings. The second-order valence-electron chi connectivity index (χ2n) is 8.14. The van der Waals surface area contributed by atoms with Gasteiger partial charge in [0.25, 0.3) is 5.91 Å². The number of hydrogen-bond acceptors (Lipinski definition) is 3. The molecule has 0 aliphatic carbocycles. The highest BCUT2D eigenvalue weighted by atomic mass is 35.5. The third-order valence-corrected chi connectivity index (χ3v) is 6.25. The fourth-order valence-electron chi connectivity index (χ4n) is 4.17. The molecule has 2 amide bonds. The Morgan fingerprint density at radius 2 is 2.06 bits per heavy atom. The molecule has 0 saturated carbocycles. The van der Waals surface area contributed by atoms with Crippen molar-refractivity contribution in [3.05, 3.63) is 47.1 Å². The molecule has 1 atom stereocenters. The molecule has 176 valence electrons. The van der Waals surface area contributed by atoms with Gasteiger partial charge >= 0.3 is 6.18 Å². The van der Waals surface area contributed by atoms with Crippen LogP contribution in [0.5, 0.6) is 0 Å². The quantitative estimate of drug-likeness (QED) is 0.584. The topological polar surface area (TPSA) is 73.7 Å². The van der Waals surface area contributed by atoms with Crippen molar-refractivity contribution in [2.45, 2.75) is 38.9 Å². The smallest absolute Gasteiger partial charge is 0.367 e. The fraction of sp³-hybridized carbons (Fsp3) is 0.409. The summed E-state index contributed by atoms with van der Waals surface area (Å²) in [7, 11) is 0. The van der Waals surface area contributed by atoms with Crippen molar-refractivity contribution in [1.82, 2.24) is 24.2 Å². The minimum absolute atomic E-state index is 0.0553. The van der Waals surface area contributed by atoms with Crippen LogP contribution in [0.15, 0.2) is 30.7 Å². The largest absolute Gasteiger partial charge is 0.420 e. The Kier molecular flexibility index (Phi) is 6.13. The molecular weight excluding hydrogens is 459 g/mol. The standard InChI is InChI=1S/C22H23ClF3N5O2/c1-3-4-13(2)30-8-7-29(12-17(30)32)21(33)18-19(23)31-11-15(14-5-6-27-10-14)9-16(20(31)28-18)22(24,25)26/h5-6,9-11,13,27H,3-4,7-8,12H2,1-2H3. The van der Waals surface area contributed by atoms with E-state index in [1.807, 2.05) is 13.8 Å². The lowest BCUT2D eigenvalue weighted by Gasteiger charge is -2.37. The zero-order valence-corrected chi connectivity index (χ0v) is 18.9. The molecule has 11 heteroatoms. The van der Waals surface area contributed by atoms with E-state index in [2.05, 4.69) is 9.97 Å². The van der Waals surface area contributed by atoms with Crippen LogP contribution in [0.25, 0.3) is 16.8 Å². The van der Waals surface area contributed by atoms with Crippen molar-refractivity contribution in [3.63, 3.8) is 0 Å². The normalized spacial score (nSPS) is 16.0. The number of piperazine rings is 1. The minimum atomic E-state index is -4.71. The number of fused-ring (bicyclic) bond motifs is 1. The molecular formula is C22H23ClF3N5O2. The summed E-state index contributed by atoms with van der Waals surface area (Å²) in [4.78, 5) is 35.5. The number of amides is 2. The number of carbonyl (C=O) groups excluding carboxylic acids is 2. The van der Waals surface area contributed by atoms with E-state index in [0.717, 1.165) is 23.3 Å². The predicted octanol–water partition coefficient (Wildman–Crippen LogP) is 4.47. The maximum absolute atomic E-state index is 13.8. The summed E-state index contributed by atoms with van der Waals surface area (Å²) < 4.78 is 42.5. The zero-order chi connectivity index (χ0) is 23.9. The fourth-order valence-corrected chi connectivity index (χ4v) is 4.42.